The molecule has 164 valence electrons. The number of carbonyl (C=O) groups is 2. The summed E-state index contributed by atoms with van der Waals surface area (Å²) in [5, 5.41) is 8.97. The van der Waals surface area contributed by atoms with Crippen molar-refractivity contribution in [2.75, 3.05) is 51.4 Å². The van der Waals surface area contributed by atoms with Crippen molar-refractivity contribution in [2.45, 2.75) is 20.3 Å². The average molecular weight is 425 g/mol. The minimum Gasteiger partial charge on any atom is -0.460 e. The summed E-state index contributed by atoms with van der Waals surface area (Å²) in [7, 11) is 1.54. The Bertz CT molecular complexity index is 975. The Kier molecular flexibility index (Phi) is 7.32. The van der Waals surface area contributed by atoms with Gasteiger partial charge in [0, 0.05) is 44.7 Å². The number of nitriles is 1. The van der Waals surface area contributed by atoms with Crippen LogP contribution in [-0.4, -0.2) is 68.3 Å². The lowest BCUT2D eigenvalue weighted by Gasteiger charge is -2.23. The van der Waals surface area contributed by atoms with E-state index in [1.54, 1.807) is 21.0 Å². The van der Waals surface area contributed by atoms with Crippen molar-refractivity contribution in [3.05, 3.63) is 52.3 Å². The molecule has 0 spiro atoms. The highest BCUT2D eigenvalue weighted by molar-refractivity contribution is 6.00. The predicted octanol–water partition coefficient (Wildman–Crippen LogP) is 2.66. The third kappa shape index (κ3) is 5.06. The number of ether oxygens (including phenoxy) is 2. The van der Waals surface area contributed by atoms with Gasteiger partial charge in [0.2, 0.25) is 0 Å². The van der Waals surface area contributed by atoms with Crippen LogP contribution in [0.4, 0.5) is 5.69 Å². The summed E-state index contributed by atoms with van der Waals surface area (Å²) in [5.74, 6) is -0.566. The van der Waals surface area contributed by atoms with Crippen LogP contribution in [-0.2, 0) is 9.47 Å². The van der Waals surface area contributed by atoms with Crippen molar-refractivity contribution < 1.29 is 19.1 Å². The lowest BCUT2D eigenvalue weighted by Crippen LogP contribution is -2.35. The van der Waals surface area contributed by atoms with Crippen LogP contribution in [0.5, 0.6) is 0 Å². The second-order valence-electron chi connectivity index (χ2n) is 7.55. The molecule has 2 heterocycles. The van der Waals surface area contributed by atoms with Crippen molar-refractivity contribution >= 4 is 17.6 Å². The second kappa shape index (κ2) is 10.1. The molecule has 1 aromatic carbocycles. The van der Waals surface area contributed by atoms with E-state index in [0.717, 1.165) is 18.7 Å². The summed E-state index contributed by atoms with van der Waals surface area (Å²) in [6.45, 7) is 6.76. The minimum atomic E-state index is -0.454. The Morgan fingerprint density at radius 3 is 2.52 bits per heavy atom. The molecule has 2 aromatic rings. The summed E-state index contributed by atoms with van der Waals surface area (Å²) in [6.07, 6.45) is 0.830. The zero-order valence-corrected chi connectivity index (χ0v) is 18.2. The number of aryl methyl sites for hydroxylation is 1. The number of nitrogens with zero attached hydrogens (tertiary/aromatic N) is 3. The Labute approximate surface area is 182 Å². The molecule has 0 aliphatic carbocycles. The van der Waals surface area contributed by atoms with Gasteiger partial charge in [-0.25, -0.2) is 4.79 Å². The van der Waals surface area contributed by atoms with Gasteiger partial charge in [0.05, 0.1) is 23.8 Å². The summed E-state index contributed by atoms with van der Waals surface area (Å²) < 4.78 is 10.1. The molecule has 8 nitrogen and oxygen atoms in total. The monoisotopic (exact) mass is 424 g/mol. The maximum absolute atomic E-state index is 13.2. The molecule has 31 heavy (non-hydrogen) atoms. The molecule has 8 heteroatoms. The zero-order chi connectivity index (χ0) is 22.4. The van der Waals surface area contributed by atoms with Crippen LogP contribution in [0.3, 0.4) is 0 Å². The Morgan fingerprint density at radius 2 is 1.84 bits per heavy atom. The van der Waals surface area contributed by atoms with Crippen molar-refractivity contribution in [3.63, 3.8) is 0 Å². The number of esters is 1. The number of rotatable bonds is 6. The number of nitrogens with one attached hydrogen (secondary N) is 1. The first-order valence-electron chi connectivity index (χ1n) is 10.4. The van der Waals surface area contributed by atoms with Crippen molar-refractivity contribution in [1.82, 2.24) is 9.88 Å². The normalized spacial score (nSPS) is 14.1. The number of H-pyrrole nitrogens is 1. The summed E-state index contributed by atoms with van der Waals surface area (Å²) >= 11 is 0. The number of hydrogen-bond acceptors (Lipinski definition) is 6. The standard InChI is InChI=1S/C23H28N4O4/c1-16-20(23(29)31-14-13-30-3)17(2)25-21(16)22(28)27-10-4-9-26(11-12-27)19-7-5-18(15-24)6-8-19/h5-8,25H,4,9-14H2,1-3H3. The fraction of sp³-hybridized carbons (Fsp3) is 0.435. The molecule has 1 aliphatic heterocycles. The highest BCUT2D eigenvalue weighted by Crippen LogP contribution is 2.22. The van der Waals surface area contributed by atoms with Gasteiger partial charge >= 0.3 is 5.97 Å². The largest absolute Gasteiger partial charge is 0.460 e. The number of benzene rings is 1. The average Bonchev–Trinajstić information content (AvgIpc) is 2.94. The van der Waals surface area contributed by atoms with E-state index in [-0.39, 0.29) is 12.5 Å². The molecular formula is C23H28N4O4. The molecule has 1 N–H and O–H groups in total. The van der Waals surface area contributed by atoms with Crippen molar-refractivity contribution in [1.29, 1.82) is 5.26 Å². The van der Waals surface area contributed by atoms with Gasteiger partial charge in [-0.2, -0.15) is 5.26 Å². The zero-order valence-electron chi connectivity index (χ0n) is 18.2. The third-order valence-electron chi connectivity index (χ3n) is 5.52. The van der Waals surface area contributed by atoms with Crippen LogP contribution in [0.2, 0.25) is 0 Å². The van der Waals surface area contributed by atoms with Crippen LogP contribution >= 0.6 is 0 Å². The van der Waals surface area contributed by atoms with E-state index in [1.807, 2.05) is 29.2 Å². The van der Waals surface area contributed by atoms with Gasteiger partial charge in [0.15, 0.2) is 0 Å². The van der Waals surface area contributed by atoms with Crippen molar-refractivity contribution in [2.24, 2.45) is 0 Å². The Balaban J connectivity index is 1.69. The summed E-state index contributed by atoms with van der Waals surface area (Å²) in [4.78, 5) is 32.8. The Hall–Kier alpha value is -3.31. The smallest absolute Gasteiger partial charge is 0.340 e. The van der Waals surface area contributed by atoms with Gasteiger partial charge in [-0.1, -0.05) is 0 Å². The number of carbonyl (C=O) groups excluding carboxylic acids is 2. The van der Waals surface area contributed by atoms with E-state index < -0.39 is 5.97 Å². The van der Waals surface area contributed by atoms with E-state index in [1.165, 1.54) is 0 Å². The molecule has 0 atom stereocenters. The number of hydrogen-bond donors (Lipinski definition) is 1. The van der Waals surface area contributed by atoms with Crippen LogP contribution in [0, 0.1) is 25.2 Å². The van der Waals surface area contributed by atoms with Crippen molar-refractivity contribution in [3.8, 4) is 6.07 Å². The van der Waals surface area contributed by atoms with Gasteiger partial charge in [-0.3, -0.25) is 4.79 Å². The van der Waals surface area contributed by atoms with E-state index in [4.69, 9.17) is 14.7 Å². The number of anilines is 1. The first kappa shape index (κ1) is 22.4. The number of amides is 1. The number of methoxy groups -OCH3 is 1. The van der Waals surface area contributed by atoms with E-state index in [2.05, 4.69) is 16.0 Å². The van der Waals surface area contributed by atoms with Gasteiger partial charge in [0.1, 0.15) is 12.3 Å². The molecular weight excluding hydrogens is 396 g/mol. The molecule has 1 fully saturated rings. The lowest BCUT2D eigenvalue weighted by molar-refractivity contribution is 0.0387. The van der Waals surface area contributed by atoms with Crippen LogP contribution < -0.4 is 4.90 Å². The summed E-state index contributed by atoms with van der Waals surface area (Å²) in [5.41, 5.74) is 3.75. The molecule has 1 aromatic heterocycles. The fourth-order valence-corrected chi connectivity index (χ4v) is 3.84. The molecule has 3 rings (SSSR count). The molecule has 0 saturated carbocycles. The molecule has 1 saturated heterocycles. The molecule has 1 amide bonds. The topological polar surface area (TPSA) is 98.7 Å². The van der Waals surface area contributed by atoms with Gasteiger partial charge in [0.25, 0.3) is 5.91 Å². The number of aromatic nitrogens is 1. The molecule has 0 radical (unpaired) electrons. The fourth-order valence-electron chi connectivity index (χ4n) is 3.84. The van der Waals surface area contributed by atoms with Crippen LogP contribution in [0.1, 0.15) is 44.1 Å². The Morgan fingerprint density at radius 1 is 1.10 bits per heavy atom. The second-order valence-corrected chi connectivity index (χ2v) is 7.55. The first-order chi connectivity index (χ1) is 15.0. The number of aromatic amines is 1. The lowest BCUT2D eigenvalue weighted by atomic mass is 10.1. The van der Waals surface area contributed by atoms with Crippen LogP contribution in [0.15, 0.2) is 24.3 Å². The molecule has 0 bridgehead atoms. The van der Waals surface area contributed by atoms with Gasteiger partial charge in [-0.15, -0.1) is 0 Å². The maximum atomic E-state index is 13.2. The SMILES string of the molecule is COCCOC(=O)c1c(C)[nH]c(C(=O)N2CCCN(c3ccc(C#N)cc3)CC2)c1C. The van der Waals surface area contributed by atoms with Crippen LogP contribution in [0.25, 0.3) is 0 Å². The maximum Gasteiger partial charge on any atom is 0.340 e. The van der Waals surface area contributed by atoms with E-state index in [9.17, 15) is 9.59 Å². The van der Waals surface area contributed by atoms with E-state index in [0.29, 0.717) is 54.3 Å². The third-order valence-corrected chi connectivity index (χ3v) is 5.52. The van der Waals surface area contributed by atoms with Gasteiger partial charge in [-0.05, 0) is 50.1 Å². The quantitative estimate of drug-likeness (QED) is 0.565. The van der Waals surface area contributed by atoms with E-state index >= 15 is 0 Å². The predicted molar refractivity (Wildman–Crippen MR) is 116 cm³/mol. The summed E-state index contributed by atoms with van der Waals surface area (Å²) in [6, 6.07) is 9.62. The van der Waals surface area contributed by atoms with Gasteiger partial charge < -0.3 is 24.3 Å². The molecule has 1 aliphatic rings. The highest BCUT2D eigenvalue weighted by atomic mass is 16.6. The minimum absolute atomic E-state index is 0.113. The first-order valence-corrected chi connectivity index (χ1v) is 10.4. The molecule has 0 unspecified atom stereocenters. The highest BCUT2D eigenvalue weighted by Gasteiger charge is 2.27.